The molecule has 19 heavy (non-hydrogen) atoms. The lowest BCUT2D eigenvalue weighted by molar-refractivity contribution is -0.112. The molecule has 0 N–H and O–H groups in total. The molecule has 104 valence electrons. The topological polar surface area (TPSA) is 38.8 Å². The summed E-state index contributed by atoms with van der Waals surface area (Å²) >= 11 is 0. The molecule has 1 heterocycles. The van der Waals surface area contributed by atoms with E-state index in [2.05, 4.69) is 4.90 Å². The lowest BCUT2D eigenvalue weighted by atomic mass is 10.00. The number of carbonyl (C=O) groups is 1. The molecule has 0 spiro atoms. The molecular weight excluding hydrogens is 242 g/mol. The van der Waals surface area contributed by atoms with Crippen LogP contribution in [0.5, 0.6) is 11.5 Å². The fourth-order valence-corrected chi connectivity index (χ4v) is 2.37. The smallest absolute Gasteiger partial charge is 0.124 e. The minimum Gasteiger partial charge on any atom is -0.497 e. The van der Waals surface area contributed by atoms with Gasteiger partial charge in [0.05, 0.1) is 7.11 Å². The van der Waals surface area contributed by atoms with Crippen LogP contribution in [-0.4, -0.2) is 44.5 Å². The molecule has 1 aliphatic heterocycles. The van der Waals surface area contributed by atoms with Gasteiger partial charge in [-0.05, 0) is 43.7 Å². The Balaban J connectivity index is 1.71. The molecule has 1 aliphatic rings. The lowest BCUT2D eigenvalue weighted by Gasteiger charge is -2.29. The van der Waals surface area contributed by atoms with Crippen molar-refractivity contribution in [3.8, 4) is 11.5 Å². The van der Waals surface area contributed by atoms with Gasteiger partial charge < -0.3 is 14.3 Å². The SMILES string of the molecule is COc1ccc(OCCN2CCCC(C=O)C2)cc1. The highest BCUT2D eigenvalue weighted by Crippen LogP contribution is 2.17. The van der Waals surface area contributed by atoms with Gasteiger partial charge in [0.25, 0.3) is 0 Å². The van der Waals surface area contributed by atoms with E-state index in [0.29, 0.717) is 6.61 Å². The monoisotopic (exact) mass is 263 g/mol. The van der Waals surface area contributed by atoms with Crippen molar-refractivity contribution in [1.82, 2.24) is 4.90 Å². The van der Waals surface area contributed by atoms with Crippen LogP contribution in [0.4, 0.5) is 0 Å². The molecule has 4 nitrogen and oxygen atoms in total. The van der Waals surface area contributed by atoms with E-state index < -0.39 is 0 Å². The molecule has 0 aliphatic carbocycles. The van der Waals surface area contributed by atoms with Crippen molar-refractivity contribution in [1.29, 1.82) is 0 Å². The van der Waals surface area contributed by atoms with Crippen molar-refractivity contribution in [2.24, 2.45) is 5.92 Å². The largest absolute Gasteiger partial charge is 0.497 e. The second kappa shape index (κ2) is 7.14. The molecule has 0 saturated carbocycles. The fraction of sp³-hybridized carbons (Fsp3) is 0.533. The highest BCUT2D eigenvalue weighted by Gasteiger charge is 2.18. The Bertz CT molecular complexity index is 391. The van der Waals surface area contributed by atoms with E-state index in [-0.39, 0.29) is 5.92 Å². The second-order valence-corrected chi connectivity index (χ2v) is 4.86. The minimum atomic E-state index is 0.203. The predicted molar refractivity (Wildman–Crippen MR) is 73.7 cm³/mol. The van der Waals surface area contributed by atoms with Gasteiger partial charge >= 0.3 is 0 Å². The van der Waals surface area contributed by atoms with Crippen molar-refractivity contribution in [3.05, 3.63) is 24.3 Å². The number of piperidine rings is 1. The molecule has 0 amide bonds. The highest BCUT2D eigenvalue weighted by molar-refractivity contribution is 5.53. The summed E-state index contributed by atoms with van der Waals surface area (Å²) in [6.07, 6.45) is 3.21. The van der Waals surface area contributed by atoms with Crippen LogP contribution in [0.3, 0.4) is 0 Å². The summed E-state index contributed by atoms with van der Waals surface area (Å²) < 4.78 is 10.8. The Hall–Kier alpha value is -1.55. The highest BCUT2D eigenvalue weighted by atomic mass is 16.5. The summed E-state index contributed by atoms with van der Waals surface area (Å²) in [5.74, 6) is 1.89. The Labute approximate surface area is 114 Å². The number of aldehydes is 1. The van der Waals surface area contributed by atoms with E-state index in [1.54, 1.807) is 7.11 Å². The maximum Gasteiger partial charge on any atom is 0.124 e. The van der Waals surface area contributed by atoms with Gasteiger partial charge in [-0.1, -0.05) is 0 Å². The average Bonchev–Trinajstić information content (AvgIpc) is 2.48. The first-order valence-electron chi connectivity index (χ1n) is 6.76. The molecule has 4 heteroatoms. The zero-order chi connectivity index (χ0) is 13.5. The number of nitrogens with zero attached hydrogens (tertiary/aromatic N) is 1. The molecule has 1 aromatic rings. The van der Waals surface area contributed by atoms with Crippen molar-refractivity contribution in [3.63, 3.8) is 0 Å². The van der Waals surface area contributed by atoms with Gasteiger partial charge in [0, 0.05) is 19.0 Å². The number of hydrogen-bond acceptors (Lipinski definition) is 4. The van der Waals surface area contributed by atoms with E-state index in [1.807, 2.05) is 24.3 Å². The summed E-state index contributed by atoms with van der Waals surface area (Å²) in [6, 6.07) is 7.59. The molecule has 0 radical (unpaired) electrons. The molecule has 2 rings (SSSR count). The fourth-order valence-electron chi connectivity index (χ4n) is 2.37. The van der Waals surface area contributed by atoms with Crippen LogP contribution in [0.15, 0.2) is 24.3 Å². The molecule has 1 saturated heterocycles. The summed E-state index contributed by atoms with van der Waals surface area (Å²) in [6.45, 7) is 3.46. The van der Waals surface area contributed by atoms with Crippen LogP contribution in [-0.2, 0) is 4.79 Å². The number of methoxy groups -OCH3 is 1. The molecule has 1 atom stereocenters. The van der Waals surface area contributed by atoms with E-state index in [0.717, 1.165) is 50.3 Å². The third kappa shape index (κ3) is 4.24. The Morgan fingerprint density at radius 3 is 2.74 bits per heavy atom. The van der Waals surface area contributed by atoms with Crippen LogP contribution >= 0.6 is 0 Å². The molecular formula is C15H21NO3. The number of rotatable bonds is 6. The number of hydrogen-bond donors (Lipinski definition) is 0. The molecule has 1 aromatic carbocycles. The number of ether oxygens (including phenoxy) is 2. The van der Waals surface area contributed by atoms with E-state index in [9.17, 15) is 4.79 Å². The Morgan fingerprint density at radius 2 is 2.05 bits per heavy atom. The second-order valence-electron chi connectivity index (χ2n) is 4.86. The maximum atomic E-state index is 10.8. The van der Waals surface area contributed by atoms with Gasteiger partial charge in [0.1, 0.15) is 24.4 Å². The molecule has 0 bridgehead atoms. The maximum absolute atomic E-state index is 10.8. The van der Waals surface area contributed by atoms with Crippen molar-refractivity contribution in [2.45, 2.75) is 12.8 Å². The van der Waals surface area contributed by atoms with E-state index in [4.69, 9.17) is 9.47 Å². The minimum absolute atomic E-state index is 0.203. The number of benzene rings is 1. The third-order valence-electron chi connectivity index (χ3n) is 3.47. The van der Waals surface area contributed by atoms with E-state index >= 15 is 0 Å². The Morgan fingerprint density at radius 1 is 1.32 bits per heavy atom. The van der Waals surface area contributed by atoms with Gasteiger partial charge in [-0.25, -0.2) is 0 Å². The summed E-state index contributed by atoms with van der Waals surface area (Å²) in [4.78, 5) is 13.1. The lowest BCUT2D eigenvalue weighted by Crippen LogP contribution is -2.38. The standard InChI is InChI=1S/C15H21NO3/c1-18-14-4-6-15(7-5-14)19-10-9-16-8-2-3-13(11-16)12-17/h4-7,12-13H,2-3,8-11H2,1H3. The van der Waals surface area contributed by atoms with Gasteiger partial charge in [-0.15, -0.1) is 0 Å². The average molecular weight is 263 g/mol. The predicted octanol–water partition coefficient (Wildman–Crippen LogP) is 1.98. The van der Waals surface area contributed by atoms with Crippen molar-refractivity contribution < 1.29 is 14.3 Å². The van der Waals surface area contributed by atoms with Gasteiger partial charge in [-0.2, -0.15) is 0 Å². The first-order chi connectivity index (χ1) is 9.31. The number of carbonyl (C=O) groups excluding carboxylic acids is 1. The van der Waals surface area contributed by atoms with Crippen LogP contribution in [0, 0.1) is 5.92 Å². The first-order valence-corrected chi connectivity index (χ1v) is 6.76. The van der Waals surface area contributed by atoms with E-state index in [1.165, 1.54) is 0 Å². The summed E-state index contributed by atoms with van der Waals surface area (Å²) in [5.41, 5.74) is 0. The van der Waals surface area contributed by atoms with Gasteiger partial charge in [0.15, 0.2) is 0 Å². The third-order valence-corrected chi connectivity index (χ3v) is 3.47. The van der Waals surface area contributed by atoms with Crippen LogP contribution in [0.25, 0.3) is 0 Å². The molecule has 1 unspecified atom stereocenters. The first kappa shape index (κ1) is 13.9. The normalized spacial score (nSPS) is 19.9. The quantitative estimate of drug-likeness (QED) is 0.736. The molecule has 1 fully saturated rings. The zero-order valence-electron chi connectivity index (χ0n) is 11.4. The summed E-state index contributed by atoms with van der Waals surface area (Å²) in [5, 5.41) is 0. The van der Waals surface area contributed by atoms with Crippen molar-refractivity contribution >= 4 is 6.29 Å². The van der Waals surface area contributed by atoms with Gasteiger partial charge in [0.2, 0.25) is 0 Å². The Kier molecular flexibility index (Phi) is 5.21. The van der Waals surface area contributed by atoms with Crippen LogP contribution < -0.4 is 9.47 Å². The summed E-state index contributed by atoms with van der Waals surface area (Å²) in [7, 11) is 1.65. The van der Waals surface area contributed by atoms with Gasteiger partial charge in [-0.3, -0.25) is 4.90 Å². The van der Waals surface area contributed by atoms with Crippen LogP contribution in [0.2, 0.25) is 0 Å². The molecule has 0 aromatic heterocycles. The number of likely N-dealkylation sites (tertiary alicyclic amines) is 1. The van der Waals surface area contributed by atoms with Crippen LogP contribution in [0.1, 0.15) is 12.8 Å². The zero-order valence-corrected chi connectivity index (χ0v) is 11.4. The van der Waals surface area contributed by atoms with Crippen molar-refractivity contribution in [2.75, 3.05) is 33.4 Å².